The summed E-state index contributed by atoms with van der Waals surface area (Å²) >= 11 is 0. The van der Waals surface area contributed by atoms with E-state index >= 15 is 0 Å². The average Bonchev–Trinajstić information content (AvgIpc) is 3.28. The van der Waals surface area contributed by atoms with Gasteiger partial charge in [-0.25, -0.2) is 4.68 Å². The van der Waals surface area contributed by atoms with Crippen molar-refractivity contribution in [2.75, 3.05) is 17.7 Å². The lowest BCUT2D eigenvalue weighted by Crippen LogP contribution is -2.31. The van der Waals surface area contributed by atoms with Gasteiger partial charge in [-0.05, 0) is 48.9 Å². The summed E-state index contributed by atoms with van der Waals surface area (Å²) in [5.41, 5.74) is 3.48. The minimum atomic E-state index is -0.542. The molecule has 3 N–H and O–H groups in total. The van der Waals surface area contributed by atoms with Gasteiger partial charge < -0.3 is 20.5 Å². The van der Waals surface area contributed by atoms with Crippen LogP contribution in [0, 0.1) is 0 Å². The molecule has 2 heterocycles. The molecule has 4 aromatic rings. The molecule has 0 spiro atoms. The number of anilines is 2. The molecule has 8 heteroatoms. The Kier molecular flexibility index (Phi) is 5.47. The van der Waals surface area contributed by atoms with Crippen LogP contribution in [0.25, 0.3) is 11.4 Å². The van der Waals surface area contributed by atoms with Crippen molar-refractivity contribution in [3.63, 3.8) is 0 Å². The van der Waals surface area contributed by atoms with Crippen LogP contribution in [0.1, 0.15) is 18.5 Å². The number of aromatic nitrogens is 3. The highest BCUT2D eigenvalue weighted by atomic mass is 16.5. The predicted molar refractivity (Wildman–Crippen MR) is 130 cm³/mol. The molecule has 0 unspecified atom stereocenters. The molecule has 1 atom stereocenters. The second-order valence-electron chi connectivity index (χ2n) is 7.91. The van der Waals surface area contributed by atoms with Gasteiger partial charge >= 0.3 is 0 Å². The zero-order valence-electron chi connectivity index (χ0n) is 18.7. The highest BCUT2D eigenvalue weighted by Gasteiger charge is 2.34. The van der Waals surface area contributed by atoms with Gasteiger partial charge in [-0.1, -0.05) is 42.5 Å². The molecule has 1 amide bonds. The Morgan fingerprint density at radius 2 is 1.74 bits per heavy atom. The zero-order valence-corrected chi connectivity index (χ0v) is 18.7. The first kappa shape index (κ1) is 21.3. The number of carbonyl (C=O) groups excluding carboxylic acids is 1. The predicted octanol–water partition coefficient (Wildman–Crippen LogP) is 4.59. The van der Waals surface area contributed by atoms with Gasteiger partial charge in [0.05, 0.1) is 12.7 Å². The van der Waals surface area contributed by atoms with Crippen LogP contribution in [-0.4, -0.2) is 32.9 Å². The van der Waals surface area contributed by atoms with Gasteiger partial charge in [0.15, 0.2) is 5.82 Å². The molecule has 0 bridgehead atoms. The lowest BCUT2D eigenvalue weighted by atomic mass is 9.95. The van der Waals surface area contributed by atoms with Crippen molar-refractivity contribution in [3.05, 3.63) is 95.7 Å². The summed E-state index contributed by atoms with van der Waals surface area (Å²) in [5.74, 6) is 1.67. The second kappa shape index (κ2) is 8.74. The molecule has 1 aliphatic heterocycles. The highest BCUT2D eigenvalue weighted by Crippen LogP contribution is 2.37. The normalized spacial score (nSPS) is 14.8. The first-order valence-corrected chi connectivity index (χ1v) is 10.8. The second-order valence-corrected chi connectivity index (χ2v) is 7.91. The van der Waals surface area contributed by atoms with E-state index in [4.69, 9.17) is 9.84 Å². The van der Waals surface area contributed by atoms with E-state index in [0.717, 1.165) is 11.1 Å². The number of methoxy groups -OCH3 is 1. The number of carbonyl (C=O) groups is 1. The fourth-order valence-electron chi connectivity index (χ4n) is 3.99. The van der Waals surface area contributed by atoms with E-state index in [1.54, 1.807) is 60.3 Å². The minimum absolute atomic E-state index is 0.145. The van der Waals surface area contributed by atoms with Crippen LogP contribution in [0.2, 0.25) is 0 Å². The SMILES string of the molecule is COc1ccc(NC(=O)C2=C(C)Nc3nc(-c4ccccc4)nn3[C@H]2c2ccc(O)cc2)cc1. The third kappa shape index (κ3) is 3.97. The van der Waals surface area contributed by atoms with Gasteiger partial charge in [-0.15, -0.1) is 5.10 Å². The Balaban J connectivity index is 1.56. The van der Waals surface area contributed by atoms with Gasteiger partial charge in [0.1, 0.15) is 17.5 Å². The summed E-state index contributed by atoms with van der Waals surface area (Å²) in [7, 11) is 1.59. The van der Waals surface area contributed by atoms with E-state index in [2.05, 4.69) is 15.6 Å². The standard InChI is InChI=1S/C26H23N5O3/c1-16-22(25(33)28-19-10-14-21(34-2)15-11-19)23(17-8-12-20(32)13-9-17)31-26(27-16)29-24(30-31)18-6-4-3-5-7-18/h3-15,23,32H,1-2H3,(H,28,33)(H,27,29,30)/t23-/m0/s1. The monoisotopic (exact) mass is 453 g/mol. The van der Waals surface area contributed by atoms with E-state index in [1.807, 2.05) is 37.3 Å². The van der Waals surface area contributed by atoms with Crippen molar-refractivity contribution in [1.29, 1.82) is 0 Å². The molecule has 5 rings (SSSR count). The third-order valence-corrected chi connectivity index (χ3v) is 5.69. The van der Waals surface area contributed by atoms with Crippen molar-refractivity contribution < 1.29 is 14.6 Å². The van der Waals surface area contributed by atoms with Crippen molar-refractivity contribution in [2.24, 2.45) is 0 Å². The van der Waals surface area contributed by atoms with E-state index in [9.17, 15) is 9.90 Å². The summed E-state index contributed by atoms with van der Waals surface area (Å²) in [6.07, 6.45) is 0. The molecular weight excluding hydrogens is 430 g/mol. The molecule has 0 radical (unpaired) electrons. The summed E-state index contributed by atoms with van der Waals surface area (Å²) in [6, 6.07) is 23.0. The lowest BCUT2D eigenvalue weighted by molar-refractivity contribution is -0.113. The maximum Gasteiger partial charge on any atom is 0.255 e. The first-order valence-electron chi connectivity index (χ1n) is 10.8. The third-order valence-electron chi connectivity index (χ3n) is 5.69. The van der Waals surface area contributed by atoms with Crippen molar-refractivity contribution in [1.82, 2.24) is 14.8 Å². The Bertz CT molecular complexity index is 1360. The highest BCUT2D eigenvalue weighted by molar-refractivity contribution is 6.06. The molecule has 0 fully saturated rings. The average molecular weight is 454 g/mol. The molecule has 34 heavy (non-hydrogen) atoms. The topological polar surface area (TPSA) is 101 Å². The number of hydrogen-bond donors (Lipinski definition) is 3. The van der Waals surface area contributed by atoms with Crippen LogP contribution in [0.4, 0.5) is 11.6 Å². The number of aromatic hydroxyl groups is 1. The Hall–Kier alpha value is -4.59. The fourth-order valence-corrected chi connectivity index (χ4v) is 3.99. The van der Waals surface area contributed by atoms with Crippen LogP contribution in [-0.2, 0) is 4.79 Å². The maximum atomic E-state index is 13.5. The quantitative estimate of drug-likeness (QED) is 0.409. The molecule has 3 aromatic carbocycles. The van der Waals surface area contributed by atoms with Crippen molar-refractivity contribution in [2.45, 2.75) is 13.0 Å². The Morgan fingerprint density at radius 3 is 2.41 bits per heavy atom. The molecular formula is C26H23N5O3. The number of amides is 1. The molecule has 1 aromatic heterocycles. The van der Waals surface area contributed by atoms with E-state index < -0.39 is 6.04 Å². The zero-order chi connectivity index (χ0) is 23.7. The van der Waals surface area contributed by atoms with Crippen molar-refractivity contribution in [3.8, 4) is 22.9 Å². The number of fused-ring (bicyclic) bond motifs is 1. The van der Waals surface area contributed by atoms with Crippen LogP contribution >= 0.6 is 0 Å². The number of nitrogens with zero attached hydrogens (tertiary/aromatic N) is 3. The number of benzene rings is 3. The van der Waals surface area contributed by atoms with E-state index in [-0.39, 0.29) is 11.7 Å². The molecule has 1 aliphatic rings. The molecule has 0 saturated heterocycles. The fraction of sp³-hybridized carbons (Fsp3) is 0.115. The number of nitrogens with one attached hydrogen (secondary N) is 2. The summed E-state index contributed by atoms with van der Waals surface area (Å²) in [5, 5.41) is 20.8. The van der Waals surface area contributed by atoms with Crippen molar-refractivity contribution >= 4 is 17.5 Å². The lowest BCUT2D eigenvalue weighted by Gasteiger charge is -2.28. The maximum absolute atomic E-state index is 13.5. The van der Waals surface area contributed by atoms with E-state index in [0.29, 0.717) is 34.5 Å². The van der Waals surface area contributed by atoms with Crippen LogP contribution in [0.5, 0.6) is 11.5 Å². The Morgan fingerprint density at radius 1 is 1.03 bits per heavy atom. The largest absolute Gasteiger partial charge is 0.508 e. The van der Waals surface area contributed by atoms with Gasteiger partial charge in [0.25, 0.3) is 5.91 Å². The molecule has 0 saturated carbocycles. The molecule has 170 valence electrons. The molecule has 8 nitrogen and oxygen atoms in total. The number of phenolic OH excluding ortho intramolecular Hbond substituents is 1. The summed E-state index contributed by atoms with van der Waals surface area (Å²) in [6.45, 7) is 1.84. The van der Waals surface area contributed by atoms with Gasteiger partial charge in [0.2, 0.25) is 5.95 Å². The van der Waals surface area contributed by atoms with Gasteiger partial charge in [-0.3, -0.25) is 4.79 Å². The number of rotatable bonds is 5. The van der Waals surface area contributed by atoms with Crippen LogP contribution < -0.4 is 15.4 Å². The minimum Gasteiger partial charge on any atom is -0.508 e. The number of allylic oxidation sites excluding steroid dienone is 1. The first-order chi connectivity index (χ1) is 16.5. The Labute approximate surface area is 196 Å². The summed E-state index contributed by atoms with van der Waals surface area (Å²) in [4.78, 5) is 18.2. The summed E-state index contributed by atoms with van der Waals surface area (Å²) < 4.78 is 6.91. The number of phenols is 1. The molecule has 0 aliphatic carbocycles. The van der Waals surface area contributed by atoms with Gasteiger partial charge in [0, 0.05) is 16.9 Å². The van der Waals surface area contributed by atoms with E-state index in [1.165, 1.54) is 0 Å². The number of hydrogen-bond acceptors (Lipinski definition) is 6. The smallest absolute Gasteiger partial charge is 0.255 e. The van der Waals surface area contributed by atoms with Gasteiger partial charge in [-0.2, -0.15) is 4.98 Å². The van der Waals surface area contributed by atoms with Crippen LogP contribution in [0.3, 0.4) is 0 Å². The number of ether oxygens (including phenoxy) is 1. The van der Waals surface area contributed by atoms with Crippen LogP contribution in [0.15, 0.2) is 90.1 Å².